The second-order valence-electron chi connectivity index (χ2n) is 5.83. The molecule has 1 aromatic carbocycles. The summed E-state index contributed by atoms with van der Waals surface area (Å²) in [6.07, 6.45) is 7.79. The van der Waals surface area contributed by atoms with Crippen LogP contribution in [-0.2, 0) is 0 Å². The highest BCUT2D eigenvalue weighted by Gasteiger charge is 2.40. The first-order chi connectivity index (χ1) is 9.23. The Balaban J connectivity index is 2.32. The molecule has 2 heteroatoms. The molecule has 1 unspecified atom stereocenters. The number of nitrogens with one attached hydrogen (secondary N) is 1. The molecule has 106 valence electrons. The second-order valence-corrected chi connectivity index (χ2v) is 6.24. The van der Waals surface area contributed by atoms with Crippen molar-refractivity contribution in [3.63, 3.8) is 0 Å². The highest BCUT2D eigenvalue weighted by Crippen LogP contribution is 2.51. The molecule has 1 nitrogen and oxygen atoms in total. The molecule has 0 aliphatic heterocycles. The van der Waals surface area contributed by atoms with Crippen LogP contribution in [0.2, 0.25) is 5.02 Å². The van der Waals surface area contributed by atoms with Gasteiger partial charge in [0.25, 0.3) is 0 Å². The summed E-state index contributed by atoms with van der Waals surface area (Å²) in [6, 6.07) is 8.77. The average molecular weight is 280 g/mol. The molecule has 1 N–H and O–H groups in total. The highest BCUT2D eigenvalue weighted by molar-refractivity contribution is 6.31. The first-order valence-electron chi connectivity index (χ1n) is 7.71. The summed E-state index contributed by atoms with van der Waals surface area (Å²) in [7, 11) is 0. The Morgan fingerprint density at radius 2 is 1.89 bits per heavy atom. The molecule has 1 fully saturated rings. The van der Waals surface area contributed by atoms with E-state index >= 15 is 0 Å². The smallest absolute Gasteiger partial charge is 0.0454 e. The minimum atomic E-state index is 0.403. The first-order valence-corrected chi connectivity index (χ1v) is 8.09. The molecular formula is C17H26ClN. The molecule has 0 amide bonds. The van der Waals surface area contributed by atoms with Crippen LogP contribution in [0, 0.1) is 5.41 Å². The van der Waals surface area contributed by atoms with E-state index in [2.05, 4.69) is 31.3 Å². The van der Waals surface area contributed by atoms with E-state index in [1.807, 2.05) is 12.1 Å². The Labute approximate surface area is 122 Å². The van der Waals surface area contributed by atoms with Crippen molar-refractivity contribution in [2.24, 2.45) is 5.41 Å². The van der Waals surface area contributed by atoms with Crippen LogP contribution < -0.4 is 5.32 Å². The summed E-state index contributed by atoms with van der Waals surface area (Å²) in [4.78, 5) is 0. The number of benzene rings is 1. The lowest BCUT2D eigenvalue weighted by molar-refractivity contribution is 0.187. The summed E-state index contributed by atoms with van der Waals surface area (Å²) >= 11 is 6.46. The summed E-state index contributed by atoms with van der Waals surface area (Å²) in [5.41, 5.74) is 1.70. The fourth-order valence-corrected chi connectivity index (χ4v) is 3.82. The van der Waals surface area contributed by atoms with Crippen molar-refractivity contribution >= 4 is 11.6 Å². The van der Waals surface area contributed by atoms with Crippen LogP contribution in [0.4, 0.5) is 0 Å². The van der Waals surface area contributed by atoms with Crippen LogP contribution in [0.5, 0.6) is 0 Å². The van der Waals surface area contributed by atoms with Crippen LogP contribution in [0.1, 0.15) is 64.0 Å². The van der Waals surface area contributed by atoms with Gasteiger partial charge in [-0.15, -0.1) is 0 Å². The molecule has 0 bridgehead atoms. The number of hydrogen-bond acceptors (Lipinski definition) is 1. The topological polar surface area (TPSA) is 12.0 Å². The zero-order valence-electron chi connectivity index (χ0n) is 12.2. The van der Waals surface area contributed by atoms with Gasteiger partial charge in [-0.05, 0) is 49.3 Å². The van der Waals surface area contributed by atoms with E-state index in [4.69, 9.17) is 11.6 Å². The summed E-state index contributed by atoms with van der Waals surface area (Å²) in [5, 5.41) is 4.69. The van der Waals surface area contributed by atoms with Gasteiger partial charge >= 0.3 is 0 Å². The van der Waals surface area contributed by atoms with E-state index in [0.717, 1.165) is 11.6 Å². The third-order valence-corrected chi connectivity index (χ3v) is 5.07. The van der Waals surface area contributed by atoms with Gasteiger partial charge in [-0.3, -0.25) is 0 Å². The van der Waals surface area contributed by atoms with Crippen LogP contribution in [0.25, 0.3) is 0 Å². The van der Waals surface area contributed by atoms with E-state index in [1.165, 1.54) is 44.1 Å². The van der Waals surface area contributed by atoms with Gasteiger partial charge in [0, 0.05) is 11.1 Å². The maximum Gasteiger partial charge on any atom is 0.0454 e. The van der Waals surface area contributed by atoms with Crippen LogP contribution >= 0.6 is 11.6 Å². The molecule has 0 spiro atoms. The Morgan fingerprint density at radius 3 is 2.47 bits per heavy atom. The van der Waals surface area contributed by atoms with E-state index in [1.54, 1.807) is 0 Å². The molecule has 0 saturated heterocycles. The zero-order valence-corrected chi connectivity index (χ0v) is 13.0. The molecule has 1 atom stereocenters. The Morgan fingerprint density at radius 1 is 1.21 bits per heavy atom. The Bertz CT molecular complexity index is 396. The van der Waals surface area contributed by atoms with Gasteiger partial charge in [0.15, 0.2) is 0 Å². The van der Waals surface area contributed by atoms with E-state index < -0.39 is 0 Å². The Kier molecular flexibility index (Phi) is 5.29. The molecule has 0 radical (unpaired) electrons. The summed E-state index contributed by atoms with van der Waals surface area (Å²) in [5.74, 6) is 0. The number of rotatable bonds is 6. The Hall–Kier alpha value is -0.530. The lowest BCUT2D eigenvalue weighted by Crippen LogP contribution is -2.36. The van der Waals surface area contributed by atoms with Gasteiger partial charge in [-0.2, -0.15) is 0 Å². The maximum atomic E-state index is 6.46. The van der Waals surface area contributed by atoms with E-state index in [0.29, 0.717) is 11.5 Å². The predicted molar refractivity (Wildman–Crippen MR) is 83.7 cm³/mol. The minimum Gasteiger partial charge on any atom is -0.309 e. The maximum absolute atomic E-state index is 6.46. The molecule has 1 aromatic rings. The molecule has 1 aliphatic carbocycles. The van der Waals surface area contributed by atoms with Crippen LogP contribution in [0.15, 0.2) is 24.3 Å². The average Bonchev–Trinajstić information content (AvgIpc) is 2.91. The standard InChI is InChI=1S/C17H26ClN/c1-3-13-19-16(14-9-5-6-10-15(14)18)17(4-2)11-7-8-12-17/h5-6,9-10,16,19H,3-4,7-8,11-13H2,1-2H3. The second kappa shape index (κ2) is 6.76. The van der Waals surface area contributed by atoms with Gasteiger partial charge < -0.3 is 5.32 Å². The SMILES string of the molecule is CCCNC(c1ccccc1Cl)C1(CC)CCCC1. The summed E-state index contributed by atoms with van der Waals surface area (Å²) in [6.45, 7) is 5.63. The van der Waals surface area contributed by atoms with E-state index in [9.17, 15) is 0 Å². The van der Waals surface area contributed by atoms with Crippen molar-refractivity contribution in [2.45, 2.75) is 58.4 Å². The van der Waals surface area contributed by atoms with Gasteiger partial charge in [0.2, 0.25) is 0 Å². The zero-order chi connectivity index (χ0) is 13.7. The molecular weight excluding hydrogens is 254 g/mol. The third kappa shape index (κ3) is 3.14. The quantitative estimate of drug-likeness (QED) is 0.740. The van der Waals surface area contributed by atoms with E-state index in [-0.39, 0.29) is 0 Å². The normalized spacial score (nSPS) is 19.5. The van der Waals surface area contributed by atoms with Crippen molar-refractivity contribution in [3.05, 3.63) is 34.9 Å². The number of hydrogen-bond donors (Lipinski definition) is 1. The molecule has 19 heavy (non-hydrogen) atoms. The fraction of sp³-hybridized carbons (Fsp3) is 0.647. The molecule has 1 aliphatic rings. The monoisotopic (exact) mass is 279 g/mol. The predicted octanol–water partition coefficient (Wildman–Crippen LogP) is 5.35. The fourth-order valence-electron chi connectivity index (χ4n) is 3.58. The van der Waals surface area contributed by atoms with Crippen molar-refractivity contribution < 1.29 is 0 Å². The highest BCUT2D eigenvalue weighted by atomic mass is 35.5. The molecule has 2 rings (SSSR count). The van der Waals surface area contributed by atoms with Crippen molar-refractivity contribution in [3.8, 4) is 0 Å². The lowest BCUT2D eigenvalue weighted by Gasteiger charge is -2.38. The minimum absolute atomic E-state index is 0.403. The molecule has 0 heterocycles. The lowest BCUT2D eigenvalue weighted by atomic mass is 9.73. The van der Waals surface area contributed by atoms with Gasteiger partial charge in [-0.25, -0.2) is 0 Å². The van der Waals surface area contributed by atoms with Crippen molar-refractivity contribution in [2.75, 3.05) is 6.54 Å². The van der Waals surface area contributed by atoms with Gasteiger partial charge in [0.1, 0.15) is 0 Å². The van der Waals surface area contributed by atoms with Crippen LogP contribution in [-0.4, -0.2) is 6.54 Å². The van der Waals surface area contributed by atoms with Gasteiger partial charge in [0.05, 0.1) is 0 Å². The van der Waals surface area contributed by atoms with Crippen LogP contribution in [0.3, 0.4) is 0 Å². The van der Waals surface area contributed by atoms with Crippen molar-refractivity contribution in [1.29, 1.82) is 0 Å². The molecule has 0 aromatic heterocycles. The number of halogens is 1. The van der Waals surface area contributed by atoms with Gasteiger partial charge in [-0.1, -0.05) is 56.5 Å². The molecule has 1 saturated carbocycles. The third-order valence-electron chi connectivity index (χ3n) is 4.73. The van der Waals surface area contributed by atoms with Crippen molar-refractivity contribution in [1.82, 2.24) is 5.32 Å². The largest absolute Gasteiger partial charge is 0.309 e. The summed E-state index contributed by atoms with van der Waals surface area (Å²) < 4.78 is 0. The first kappa shape index (κ1) is 14.9.